The molecule has 1 aromatic carbocycles. The number of benzene rings is 1. The highest BCUT2D eigenvalue weighted by Gasteiger charge is 2.07. The summed E-state index contributed by atoms with van der Waals surface area (Å²) in [6.07, 6.45) is 0. The molecule has 0 atom stereocenters. The van der Waals surface area contributed by atoms with E-state index in [1.807, 2.05) is 0 Å². The molecule has 0 heterocycles. The lowest BCUT2D eigenvalue weighted by molar-refractivity contribution is 0.552. The van der Waals surface area contributed by atoms with Gasteiger partial charge in [0.2, 0.25) is 0 Å². The summed E-state index contributed by atoms with van der Waals surface area (Å²) in [6, 6.07) is 6.35. The van der Waals surface area contributed by atoms with Crippen LogP contribution in [0.1, 0.15) is 33.3 Å². The quantitative estimate of drug-likeness (QED) is 0.807. The molecule has 0 radical (unpaired) electrons. The molecule has 1 rings (SSSR count). The molecule has 19 heavy (non-hydrogen) atoms. The van der Waals surface area contributed by atoms with E-state index in [4.69, 9.17) is 11.6 Å². The highest BCUT2D eigenvalue weighted by atomic mass is 35.5. The van der Waals surface area contributed by atoms with E-state index in [1.54, 1.807) is 0 Å². The molecule has 0 saturated heterocycles. The van der Waals surface area contributed by atoms with Crippen LogP contribution in [0.4, 0.5) is 5.69 Å². The zero-order valence-electron chi connectivity index (χ0n) is 12.8. The molecule has 0 fully saturated rings. The fraction of sp³-hybridized carbons (Fsp3) is 0.625. The Labute approximate surface area is 123 Å². The first-order chi connectivity index (χ1) is 8.90. The van der Waals surface area contributed by atoms with E-state index in [-0.39, 0.29) is 0 Å². The first kappa shape index (κ1) is 16.3. The van der Waals surface area contributed by atoms with Crippen LogP contribution in [0.15, 0.2) is 18.2 Å². The van der Waals surface area contributed by atoms with Crippen molar-refractivity contribution >= 4 is 17.3 Å². The van der Waals surface area contributed by atoms with Crippen LogP contribution in [-0.4, -0.2) is 20.1 Å². The van der Waals surface area contributed by atoms with Crippen LogP contribution in [0, 0.1) is 11.8 Å². The van der Waals surface area contributed by atoms with Gasteiger partial charge in [0, 0.05) is 30.8 Å². The summed E-state index contributed by atoms with van der Waals surface area (Å²) >= 11 is 6.36. The van der Waals surface area contributed by atoms with Gasteiger partial charge in [0.25, 0.3) is 0 Å². The van der Waals surface area contributed by atoms with Crippen LogP contribution in [0.2, 0.25) is 5.02 Å². The molecule has 0 aliphatic rings. The lowest BCUT2D eigenvalue weighted by Gasteiger charge is -2.22. The van der Waals surface area contributed by atoms with Crippen molar-refractivity contribution < 1.29 is 0 Å². The molecular weight excluding hydrogens is 256 g/mol. The fourth-order valence-corrected chi connectivity index (χ4v) is 2.31. The van der Waals surface area contributed by atoms with Crippen LogP contribution >= 0.6 is 11.6 Å². The van der Waals surface area contributed by atoms with E-state index in [2.05, 4.69) is 63.2 Å². The second-order valence-corrected chi connectivity index (χ2v) is 6.48. The highest BCUT2D eigenvalue weighted by Crippen LogP contribution is 2.23. The van der Waals surface area contributed by atoms with Gasteiger partial charge in [-0.3, -0.25) is 0 Å². The first-order valence-electron chi connectivity index (χ1n) is 7.10. The Balaban J connectivity index is 2.63. The number of nitrogens with zero attached hydrogens (tertiary/aromatic N) is 1. The van der Waals surface area contributed by atoms with Gasteiger partial charge in [-0.2, -0.15) is 0 Å². The Morgan fingerprint density at radius 3 is 2.37 bits per heavy atom. The predicted octanol–water partition coefficient (Wildman–Crippen LogP) is 4.18. The molecule has 0 aliphatic carbocycles. The van der Waals surface area contributed by atoms with Crippen molar-refractivity contribution in [1.29, 1.82) is 0 Å². The summed E-state index contributed by atoms with van der Waals surface area (Å²) in [4.78, 5) is 2.25. The van der Waals surface area contributed by atoms with Crippen LogP contribution in [0.5, 0.6) is 0 Å². The Morgan fingerprint density at radius 2 is 1.84 bits per heavy atom. The van der Waals surface area contributed by atoms with E-state index < -0.39 is 0 Å². The SMILES string of the molecule is CC(C)CNCc1ccc(N(C)CC(C)C)cc1Cl. The Bertz CT molecular complexity index is 388. The maximum absolute atomic E-state index is 6.36. The minimum Gasteiger partial charge on any atom is -0.374 e. The third kappa shape index (κ3) is 5.84. The fourth-order valence-electron chi connectivity index (χ4n) is 2.07. The number of rotatable bonds is 7. The van der Waals surface area contributed by atoms with E-state index >= 15 is 0 Å². The van der Waals surface area contributed by atoms with Crippen molar-refractivity contribution in [3.63, 3.8) is 0 Å². The maximum Gasteiger partial charge on any atom is 0.0471 e. The molecule has 0 aliphatic heterocycles. The number of halogens is 1. The van der Waals surface area contributed by atoms with Gasteiger partial charge < -0.3 is 10.2 Å². The average Bonchev–Trinajstić information content (AvgIpc) is 2.29. The summed E-state index contributed by atoms with van der Waals surface area (Å²) < 4.78 is 0. The number of hydrogen-bond acceptors (Lipinski definition) is 2. The molecule has 2 nitrogen and oxygen atoms in total. The van der Waals surface area contributed by atoms with Gasteiger partial charge in [0.05, 0.1) is 0 Å². The second-order valence-electron chi connectivity index (χ2n) is 6.07. The summed E-state index contributed by atoms with van der Waals surface area (Å²) in [6.45, 7) is 11.8. The van der Waals surface area contributed by atoms with Crippen LogP contribution in [0.25, 0.3) is 0 Å². The molecule has 0 aromatic heterocycles. The lowest BCUT2D eigenvalue weighted by Crippen LogP contribution is -2.22. The molecule has 0 spiro atoms. The average molecular weight is 283 g/mol. The number of nitrogens with one attached hydrogen (secondary N) is 1. The summed E-state index contributed by atoms with van der Waals surface area (Å²) in [5.74, 6) is 1.31. The molecule has 1 N–H and O–H groups in total. The molecule has 1 aromatic rings. The summed E-state index contributed by atoms with van der Waals surface area (Å²) in [7, 11) is 2.11. The van der Waals surface area contributed by atoms with Gasteiger partial charge in [-0.1, -0.05) is 45.4 Å². The van der Waals surface area contributed by atoms with Crippen molar-refractivity contribution in [1.82, 2.24) is 5.32 Å². The molecule has 3 heteroatoms. The standard InChI is InChI=1S/C16H27ClN2/c1-12(2)9-18-10-14-6-7-15(8-16(14)17)19(5)11-13(3)4/h6-8,12-13,18H,9-11H2,1-5H3. The van der Waals surface area contributed by atoms with E-state index in [9.17, 15) is 0 Å². The van der Waals surface area contributed by atoms with Gasteiger partial charge in [-0.15, -0.1) is 0 Å². The van der Waals surface area contributed by atoms with Gasteiger partial charge in [-0.05, 0) is 36.1 Å². The third-order valence-electron chi connectivity index (χ3n) is 2.98. The summed E-state index contributed by atoms with van der Waals surface area (Å²) in [5, 5.41) is 4.28. The third-order valence-corrected chi connectivity index (χ3v) is 3.34. The maximum atomic E-state index is 6.36. The van der Waals surface area contributed by atoms with E-state index in [0.29, 0.717) is 11.8 Å². The molecular formula is C16H27ClN2. The van der Waals surface area contributed by atoms with Gasteiger partial charge in [-0.25, -0.2) is 0 Å². The topological polar surface area (TPSA) is 15.3 Å². The van der Waals surface area contributed by atoms with Crippen LogP contribution in [-0.2, 0) is 6.54 Å². The van der Waals surface area contributed by atoms with Crippen molar-refractivity contribution in [2.45, 2.75) is 34.2 Å². The Morgan fingerprint density at radius 1 is 1.16 bits per heavy atom. The minimum absolute atomic E-state index is 0.649. The lowest BCUT2D eigenvalue weighted by atomic mass is 10.1. The van der Waals surface area contributed by atoms with Crippen molar-refractivity contribution in [2.24, 2.45) is 11.8 Å². The largest absolute Gasteiger partial charge is 0.374 e. The number of anilines is 1. The summed E-state index contributed by atoms with van der Waals surface area (Å²) in [5.41, 5.74) is 2.36. The van der Waals surface area contributed by atoms with E-state index in [1.165, 1.54) is 11.3 Å². The predicted molar refractivity (Wildman–Crippen MR) is 86.1 cm³/mol. The van der Waals surface area contributed by atoms with Crippen molar-refractivity contribution in [2.75, 3.05) is 25.0 Å². The smallest absolute Gasteiger partial charge is 0.0471 e. The van der Waals surface area contributed by atoms with Crippen molar-refractivity contribution in [3.05, 3.63) is 28.8 Å². The van der Waals surface area contributed by atoms with E-state index in [0.717, 1.165) is 24.7 Å². The van der Waals surface area contributed by atoms with Gasteiger partial charge in [0.15, 0.2) is 0 Å². The second kappa shape index (κ2) is 7.76. The number of hydrogen-bond donors (Lipinski definition) is 1. The molecule has 0 bridgehead atoms. The van der Waals surface area contributed by atoms with Crippen LogP contribution < -0.4 is 10.2 Å². The molecule has 0 unspecified atom stereocenters. The van der Waals surface area contributed by atoms with Gasteiger partial charge >= 0.3 is 0 Å². The Hall–Kier alpha value is -0.730. The minimum atomic E-state index is 0.649. The van der Waals surface area contributed by atoms with Crippen molar-refractivity contribution in [3.8, 4) is 0 Å². The monoisotopic (exact) mass is 282 g/mol. The molecule has 0 amide bonds. The van der Waals surface area contributed by atoms with Gasteiger partial charge in [0.1, 0.15) is 0 Å². The highest BCUT2D eigenvalue weighted by molar-refractivity contribution is 6.31. The normalized spacial score (nSPS) is 11.4. The van der Waals surface area contributed by atoms with Crippen LogP contribution in [0.3, 0.4) is 0 Å². The first-order valence-corrected chi connectivity index (χ1v) is 7.48. The Kier molecular flexibility index (Phi) is 6.67. The molecule has 0 saturated carbocycles. The zero-order chi connectivity index (χ0) is 14.4. The molecule has 108 valence electrons. The zero-order valence-corrected chi connectivity index (χ0v) is 13.6.